The van der Waals surface area contributed by atoms with Gasteiger partial charge in [0.1, 0.15) is 0 Å². The zero-order valence-corrected chi connectivity index (χ0v) is 9.33. The molecule has 11 heteroatoms. The van der Waals surface area contributed by atoms with E-state index in [0.29, 0.717) is 0 Å². The van der Waals surface area contributed by atoms with Crippen LogP contribution in [0.25, 0.3) is 10.4 Å². The number of hydrogen-bond acceptors (Lipinski definition) is 5. The van der Waals surface area contributed by atoms with Gasteiger partial charge in [0.25, 0.3) is 0 Å². The minimum Gasteiger partial charge on any atom is -0.399 e. The molecule has 2 heterocycles. The molecule has 19 heavy (non-hydrogen) atoms. The topological polar surface area (TPSA) is 108 Å². The fourth-order valence-corrected chi connectivity index (χ4v) is 1.68. The first-order valence-electron chi connectivity index (χ1n) is 5.13. The fraction of sp³-hybridized carbons (Fsp3) is 0.625. The van der Waals surface area contributed by atoms with Crippen LogP contribution in [0.1, 0.15) is 12.3 Å². The average Bonchev–Trinajstić information content (AvgIpc) is 2.91. The Kier molecular flexibility index (Phi) is 3.30. The Bertz CT molecular complexity index is 535. The predicted octanol–water partition coefficient (Wildman–Crippen LogP) is 1.75. The number of aromatic nitrogens is 2. The maximum absolute atomic E-state index is 12.3. The summed E-state index contributed by atoms with van der Waals surface area (Å²) in [5.74, 6) is -2.23. The summed E-state index contributed by atoms with van der Waals surface area (Å²) in [5, 5.41) is 9.35. The summed E-state index contributed by atoms with van der Waals surface area (Å²) < 4.78 is 41.2. The van der Waals surface area contributed by atoms with Crippen LogP contribution in [-0.4, -0.2) is 29.2 Å². The number of carbonyl (C=O) groups is 1. The van der Waals surface area contributed by atoms with Crippen LogP contribution in [-0.2, 0) is 11.0 Å². The van der Waals surface area contributed by atoms with E-state index in [0.717, 1.165) is 4.90 Å². The molecule has 1 unspecified atom stereocenters. The Balaban J connectivity index is 2.12. The molecule has 1 aromatic heterocycles. The number of nitrogens with zero attached hydrogens (tertiary/aromatic N) is 6. The lowest BCUT2D eigenvalue weighted by Crippen LogP contribution is -2.25. The van der Waals surface area contributed by atoms with Gasteiger partial charge in [0.2, 0.25) is 5.91 Å². The number of hydrogen-bond donors (Lipinski definition) is 0. The normalized spacial score (nSPS) is 19.6. The lowest BCUT2D eigenvalue weighted by molar-refractivity contribution is -0.157. The zero-order valence-electron chi connectivity index (χ0n) is 9.33. The van der Waals surface area contributed by atoms with Crippen LogP contribution in [0, 0.1) is 5.92 Å². The standard InChI is InChI=1S/C8H7F3N6O2/c9-8(10,11)6-14-15-7(19-6)17-3-4(1-5(17)18)2-13-16-12/h4H,1-3H2. The molecule has 0 bridgehead atoms. The van der Waals surface area contributed by atoms with E-state index in [4.69, 9.17) is 5.53 Å². The number of rotatable bonds is 3. The highest BCUT2D eigenvalue weighted by Crippen LogP contribution is 2.31. The molecule has 0 spiro atoms. The van der Waals surface area contributed by atoms with Crippen molar-refractivity contribution < 1.29 is 22.4 Å². The third kappa shape index (κ3) is 2.76. The van der Waals surface area contributed by atoms with Gasteiger partial charge in [-0.25, -0.2) is 0 Å². The number of carbonyl (C=O) groups excluding carboxylic acids is 1. The Morgan fingerprint density at radius 1 is 1.53 bits per heavy atom. The highest BCUT2D eigenvalue weighted by Gasteiger charge is 2.40. The Labute approximate surface area is 103 Å². The van der Waals surface area contributed by atoms with Gasteiger partial charge in [-0.1, -0.05) is 10.2 Å². The molecule has 0 aromatic carbocycles. The molecule has 1 aliphatic heterocycles. The quantitative estimate of drug-likeness (QED) is 0.476. The molecule has 1 fully saturated rings. The maximum atomic E-state index is 12.3. The van der Waals surface area contributed by atoms with Crippen LogP contribution in [0.2, 0.25) is 0 Å². The molecule has 0 radical (unpaired) electrons. The van der Waals surface area contributed by atoms with Gasteiger partial charge in [0.15, 0.2) is 0 Å². The van der Waals surface area contributed by atoms with Crippen molar-refractivity contribution >= 4 is 11.9 Å². The molecule has 1 atom stereocenters. The van der Waals surface area contributed by atoms with Crippen molar-refractivity contribution in [2.75, 3.05) is 18.0 Å². The van der Waals surface area contributed by atoms with Crippen LogP contribution in [0.3, 0.4) is 0 Å². The molecule has 102 valence electrons. The molecule has 1 aromatic rings. The number of azide groups is 1. The number of halogens is 3. The Morgan fingerprint density at radius 2 is 2.26 bits per heavy atom. The Hall–Kier alpha value is -2.29. The molecule has 1 amide bonds. The first-order chi connectivity index (χ1) is 8.91. The SMILES string of the molecule is [N-]=[N+]=NCC1CC(=O)N(c2nnc(C(F)(F)F)o2)C1. The van der Waals surface area contributed by atoms with E-state index in [9.17, 15) is 18.0 Å². The molecular weight excluding hydrogens is 269 g/mol. The lowest BCUT2D eigenvalue weighted by Gasteiger charge is -2.09. The van der Waals surface area contributed by atoms with Gasteiger partial charge in [-0.05, 0) is 11.4 Å². The monoisotopic (exact) mass is 276 g/mol. The molecule has 2 rings (SSSR count). The van der Waals surface area contributed by atoms with Crippen molar-refractivity contribution in [3.63, 3.8) is 0 Å². The minimum atomic E-state index is -4.75. The van der Waals surface area contributed by atoms with Crippen molar-refractivity contribution in [3.8, 4) is 0 Å². The van der Waals surface area contributed by atoms with Crippen LogP contribution < -0.4 is 4.90 Å². The third-order valence-corrected chi connectivity index (χ3v) is 2.50. The van der Waals surface area contributed by atoms with E-state index >= 15 is 0 Å². The molecule has 0 aliphatic carbocycles. The number of anilines is 1. The molecule has 1 aliphatic rings. The molecule has 8 nitrogen and oxygen atoms in total. The highest BCUT2D eigenvalue weighted by atomic mass is 19.4. The van der Waals surface area contributed by atoms with Gasteiger partial charge < -0.3 is 4.42 Å². The summed E-state index contributed by atoms with van der Waals surface area (Å²) >= 11 is 0. The zero-order chi connectivity index (χ0) is 14.0. The first-order valence-corrected chi connectivity index (χ1v) is 5.13. The summed E-state index contributed by atoms with van der Waals surface area (Å²) in [6.45, 7) is 0.163. The van der Waals surface area contributed by atoms with Gasteiger partial charge in [0, 0.05) is 24.4 Å². The first kappa shape index (κ1) is 13.1. The number of amides is 1. The summed E-state index contributed by atoms with van der Waals surface area (Å²) in [5.41, 5.74) is 8.16. The largest absolute Gasteiger partial charge is 0.470 e. The van der Waals surface area contributed by atoms with Gasteiger partial charge in [-0.2, -0.15) is 13.2 Å². The van der Waals surface area contributed by atoms with Gasteiger partial charge in [0.05, 0.1) is 0 Å². The van der Waals surface area contributed by atoms with Crippen LogP contribution in [0.5, 0.6) is 0 Å². The van der Waals surface area contributed by atoms with Crippen molar-refractivity contribution in [1.82, 2.24) is 10.2 Å². The van der Waals surface area contributed by atoms with Crippen LogP contribution in [0.4, 0.5) is 19.2 Å². The highest BCUT2D eigenvalue weighted by molar-refractivity contribution is 5.93. The maximum Gasteiger partial charge on any atom is 0.470 e. The lowest BCUT2D eigenvalue weighted by atomic mass is 10.1. The van der Waals surface area contributed by atoms with E-state index in [1.54, 1.807) is 0 Å². The van der Waals surface area contributed by atoms with Crippen molar-refractivity contribution in [2.24, 2.45) is 11.0 Å². The summed E-state index contributed by atoms with van der Waals surface area (Å²) in [6.07, 6.45) is -4.69. The van der Waals surface area contributed by atoms with E-state index in [2.05, 4.69) is 24.6 Å². The second-order valence-corrected chi connectivity index (χ2v) is 3.88. The van der Waals surface area contributed by atoms with Crippen molar-refractivity contribution in [1.29, 1.82) is 0 Å². The van der Waals surface area contributed by atoms with Crippen molar-refractivity contribution in [3.05, 3.63) is 16.3 Å². The minimum absolute atomic E-state index is 0.0583. The van der Waals surface area contributed by atoms with Gasteiger partial charge in [-0.3, -0.25) is 9.69 Å². The van der Waals surface area contributed by atoms with Crippen LogP contribution in [0.15, 0.2) is 9.53 Å². The molecular formula is C8H7F3N6O2. The van der Waals surface area contributed by atoms with Gasteiger partial charge >= 0.3 is 18.1 Å². The van der Waals surface area contributed by atoms with Crippen molar-refractivity contribution in [2.45, 2.75) is 12.6 Å². The van der Waals surface area contributed by atoms with Gasteiger partial charge in [-0.15, -0.1) is 5.10 Å². The molecule has 0 saturated carbocycles. The predicted molar refractivity (Wildman–Crippen MR) is 53.8 cm³/mol. The summed E-state index contributed by atoms with van der Waals surface area (Å²) in [7, 11) is 0. The fourth-order valence-electron chi connectivity index (χ4n) is 1.68. The Morgan fingerprint density at radius 3 is 2.84 bits per heavy atom. The second-order valence-electron chi connectivity index (χ2n) is 3.88. The van der Waals surface area contributed by atoms with Crippen LogP contribution >= 0.6 is 0 Å². The summed E-state index contributed by atoms with van der Waals surface area (Å²) in [6, 6.07) is -0.499. The average molecular weight is 276 g/mol. The smallest absolute Gasteiger partial charge is 0.399 e. The number of alkyl halides is 3. The second kappa shape index (κ2) is 4.76. The van der Waals surface area contributed by atoms with E-state index < -0.39 is 24.0 Å². The van der Waals surface area contributed by atoms with E-state index in [-0.39, 0.29) is 25.4 Å². The third-order valence-electron chi connectivity index (χ3n) is 2.50. The van der Waals surface area contributed by atoms with E-state index in [1.807, 2.05) is 0 Å². The summed E-state index contributed by atoms with van der Waals surface area (Å²) in [4.78, 5) is 15.1. The van der Waals surface area contributed by atoms with E-state index in [1.165, 1.54) is 0 Å². The molecule has 0 N–H and O–H groups in total. The molecule has 1 saturated heterocycles.